The fraction of sp³-hybridized carbons (Fsp3) is 0. The van der Waals surface area contributed by atoms with E-state index in [-0.39, 0.29) is 5.91 Å². The number of nitrogens with two attached hydrogens (primary N) is 1. The van der Waals surface area contributed by atoms with E-state index in [0.717, 1.165) is 4.90 Å². The first-order valence-electron chi connectivity index (χ1n) is 5.56. The van der Waals surface area contributed by atoms with Gasteiger partial charge in [-0.15, -0.1) is 12.6 Å². The second-order valence-corrected chi connectivity index (χ2v) is 4.46. The maximum atomic E-state index is 11.9. The molecule has 0 aliphatic carbocycles. The van der Waals surface area contributed by atoms with Crippen LogP contribution in [-0.4, -0.2) is 11.8 Å². The van der Waals surface area contributed by atoms with Gasteiger partial charge in [-0.05, 0) is 48.5 Å². The van der Waals surface area contributed by atoms with Gasteiger partial charge >= 0.3 is 0 Å². The van der Waals surface area contributed by atoms with E-state index >= 15 is 0 Å². The third kappa shape index (κ3) is 3.35. The summed E-state index contributed by atoms with van der Waals surface area (Å²) in [7, 11) is 0. The van der Waals surface area contributed by atoms with Crippen molar-refractivity contribution in [3.8, 4) is 0 Å². The average molecular weight is 272 g/mol. The molecule has 0 unspecified atom stereocenters. The van der Waals surface area contributed by atoms with Gasteiger partial charge in [-0.25, -0.2) is 0 Å². The number of hydrogen-bond donors (Lipinski definition) is 3. The maximum Gasteiger partial charge on any atom is 0.255 e. The van der Waals surface area contributed by atoms with Crippen LogP contribution in [0.5, 0.6) is 0 Å². The lowest BCUT2D eigenvalue weighted by atomic mass is 10.2. The van der Waals surface area contributed by atoms with E-state index < -0.39 is 5.91 Å². The quantitative estimate of drug-likeness (QED) is 0.750. The highest BCUT2D eigenvalue weighted by Gasteiger charge is 2.06. The number of amides is 2. The summed E-state index contributed by atoms with van der Waals surface area (Å²) in [5.41, 5.74) is 6.68. The van der Waals surface area contributed by atoms with Crippen LogP contribution in [0.1, 0.15) is 20.7 Å². The number of primary amides is 1. The summed E-state index contributed by atoms with van der Waals surface area (Å²) < 4.78 is 0. The fourth-order valence-electron chi connectivity index (χ4n) is 1.53. The highest BCUT2D eigenvalue weighted by atomic mass is 32.1. The number of hydrogen-bond acceptors (Lipinski definition) is 3. The van der Waals surface area contributed by atoms with E-state index in [1.54, 1.807) is 48.5 Å². The standard InChI is InChI=1S/C14H12N2O2S/c15-13(17)9-1-5-11(6-2-9)16-14(18)10-3-7-12(19)8-4-10/h1-8,19H,(H2,15,17)(H,16,18). The second kappa shape index (κ2) is 5.58. The summed E-state index contributed by atoms with van der Waals surface area (Å²) in [6, 6.07) is 13.3. The summed E-state index contributed by atoms with van der Waals surface area (Å²) in [4.78, 5) is 23.6. The third-order valence-corrected chi connectivity index (χ3v) is 2.85. The van der Waals surface area contributed by atoms with Gasteiger partial charge in [-0.2, -0.15) is 0 Å². The van der Waals surface area contributed by atoms with E-state index in [1.165, 1.54) is 0 Å². The molecule has 3 N–H and O–H groups in total. The van der Waals surface area contributed by atoms with Crippen LogP contribution in [-0.2, 0) is 0 Å². The average Bonchev–Trinajstić information content (AvgIpc) is 2.40. The first kappa shape index (κ1) is 13.2. The molecule has 19 heavy (non-hydrogen) atoms. The van der Waals surface area contributed by atoms with Crippen molar-refractivity contribution in [2.24, 2.45) is 5.73 Å². The summed E-state index contributed by atoms with van der Waals surface area (Å²) in [5.74, 6) is -0.720. The van der Waals surface area contributed by atoms with E-state index in [4.69, 9.17) is 5.73 Å². The molecule has 0 heterocycles. The molecular weight excluding hydrogens is 260 g/mol. The molecule has 0 aliphatic heterocycles. The Morgan fingerprint density at radius 3 is 1.95 bits per heavy atom. The van der Waals surface area contributed by atoms with Crippen molar-refractivity contribution in [2.75, 3.05) is 5.32 Å². The SMILES string of the molecule is NC(=O)c1ccc(NC(=O)c2ccc(S)cc2)cc1. The van der Waals surface area contributed by atoms with Crippen LogP contribution < -0.4 is 11.1 Å². The lowest BCUT2D eigenvalue weighted by Gasteiger charge is -2.06. The third-order valence-electron chi connectivity index (χ3n) is 2.56. The minimum Gasteiger partial charge on any atom is -0.366 e. The zero-order valence-electron chi connectivity index (χ0n) is 9.96. The lowest BCUT2D eigenvalue weighted by Crippen LogP contribution is -2.13. The molecule has 0 aliphatic rings. The Kier molecular flexibility index (Phi) is 3.87. The van der Waals surface area contributed by atoms with Crippen molar-refractivity contribution in [1.82, 2.24) is 0 Å². The Hall–Kier alpha value is -2.27. The van der Waals surface area contributed by atoms with Crippen molar-refractivity contribution in [3.63, 3.8) is 0 Å². The van der Waals surface area contributed by atoms with Gasteiger partial charge in [0.1, 0.15) is 0 Å². The molecule has 2 aromatic carbocycles. The number of benzene rings is 2. The number of thiol groups is 1. The van der Waals surface area contributed by atoms with Gasteiger partial charge in [-0.3, -0.25) is 9.59 Å². The molecular formula is C14H12N2O2S. The predicted molar refractivity (Wildman–Crippen MR) is 76.6 cm³/mol. The molecule has 0 spiro atoms. The monoisotopic (exact) mass is 272 g/mol. The van der Waals surface area contributed by atoms with Gasteiger partial charge < -0.3 is 11.1 Å². The minimum atomic E-state index is -0.498. The van der Waals surface area contributed by atoms with Crippen molar-refractivity contribution >= 4 is 30.1 Å². The van der Waals surface area contributed by atoms with E-state index in [0.29, 0.717) is 16.8 Å². The van der Waals surface area contributed by atoms with Gasteiger partial charge in [0.15, 0.2) is 0 Å². The summed E-state index contributed by atoms with van der Waals surface area (Å²) >= 11 is 4.15. The highest BCUT2D eigenvalue weighted by Crippen LogP contribution is 2.12. The molecule has 5 heteroatoms. The molecule has 0 aromatic heterocycles. The van der Waals surface area contributed by atoms with E-state index in [9.17, 15) is 9.59 Å². The number of anilines is 1. The Morgan fingerprint density at radius 2 is 1.42 bits per heavy atom. The second-order valence-electron chi connectivity index (χ2n) is 3.94. The van der Waals surface area contributed by atoms with Crippen LogP contribution in [0.3, 0.4) is 0 Å². The van der Waals surface area contributed by atoms with E-state index in [1.807, 2.05) is 0 Å². The van der Waals surface area contributed by atoms with Gasteiger partial charge in [0, 0.05) is 21.7 Å². The van der Waals surface area contributed by atoms with Crippen molar-refractivity contribution in [3.05, 3.63) is 59.7 Å². The summed E-state index contributed by atoms with van der Waals surface area (Å²) in [6.45, 7) is 0. The Balaban J connectivity index is 2.10. The topological polar surface area (TPSA) is 72.2 Å². The van der Waals surface area contributed by atoms with Crippen molar-refractivity contribution in [1.29, 1.82) is 0 Å². The van der Waals surface area contributed by atoms with Gasteiger partial charge in [-0.1, -0.05) is 0 Å². The first-order chi connectivity index (χ1) is 9.06. The molecule has 0 atom stereocenters. The van der Waals surface area contributed by atoms with Crippen LogP contribution in [0.15, 0.2) is 53.4 Å². The number of rotatable bonds is 3. The number of carbonyl (C=O) groups excluding carboxylic acids is 2. The van der Waals surface area contributed by atoms with Crippen molar-refractivity contribution in [2.45, 2.75) is 4.90 Å². The van der Waals surface area contributed by atoms with E-state index in [2.05, 4.69) is 17.9 Å². The molecule has 96 valence electrons. The summed E-state index contributed by atoms with van der Waals surface area (Å²) in [5, 5.41) is 2.73. The van der Waals surface area contributed by atoms with Gasteiger partial charge in [0.05, 0.1) is 0 Å². The fourth-order valence-corrected chi connectivity index (χ4v) is 1.68. The largest absolute Gasteiger partial charge is 0.366 e. The van der Waals surface area contributed by atoms with Crippen molar-refractivity contribution < 1.29 is 9.59 Å². The number of nitrogens with one attached hydrogen (secondary N) is 1. The van der Waals surface area contributed by atoms with Crippen LogP contribution in [0.25, 0.3) is 0 Å². The molecule has 0 radical (unpaired) electrons. The van der Waals surface area contributed by atoms with Gasteiger partial charge in [0.2, 0.25) is 5.91 Å². The normalized spacial score (nSPS) is 9.95. The van der Waals surface area contributed by atoms with Gasteiger partial charge in [0.25, 0.3) is 5.91 Å². The Bertz CT molecular complexity index is 606. The zero-order valence-corrected chi connectivity index (χ0v) is 10.9. The van der Waals surface area contributed by atoms with Crippen LogP contribution >= 0.6 is 12.6 Å². The molecule has 0 saturated heterocycles. The Morgan fingerprint density at radius 1 is 0.895 bits per heavy atom. The Labute approximate surface area is 116 Å². The first-order valence-corrected chi connectivity index (χ1v) is 6.01. The smallest absolute Gasteiger partial charge is 0.255 e. The van der Waals surface area contributed by atoms with Crippen LogP contribution in [0.2, 0.25) is 0 Å². The highest BCUT2D eigenvalue weighted by molar-refractivity contribution is 7.80. The summed E-state index contributed by atoms with van der Waals surface area (Å²) in [6.07, 6.45) is 0. The lowest BCUT2D eigenvalue weighted by molar-refractivity contribution is 0.0998. The molecule has 2 rings (SSSR count). The minimum absolute atomic E-state index is 0.222. The molecule has 2 amide bonds. The van der Waals surface area contributed by atoms with Crippen LogP contribution in [0, 0.1) is 0 Å². The molecule has 2 aromatic rings. The van der Waals surface area contributed by atoms with Crippen LogP contribution in [0.4, 0.5) is 5.69 Å². The predicted octanol–water partition coefficient (Wildman–Crippen LogP) is 2.33. The number of carbonyl (C=O) groups is 2. The molecule has 4 nitrogen and oxygen atoms in total. The molecule has 0 saturated carbocycles. The zero-order chi connectivity index (χ0) is 13.8. The maximum absolute atomic E-state index is 11.9. The molecule has 0 fully saturated rings. The molecule has 0 bridgehead atoms.